The van der Waals surface area contributed by atoms with E-state index in [1.807, 2.05) is 6.20 Å². The van der Waals surface area contributed by atoms with Gasteiger partial charge in [-0.3, -0.25) is 4.40 Å². The quantitative estimate of drug-likeness (QED) is 0.904. The normalized spacial score (nSPS) is 19.2. The van der Waals surface area contributed by atoms with Crippen molar-refractivity contribution in [1.29, 1.82) is 0 Å². The van der Waals surface area contributed by atoms with E-state index in [0.29, 0.717) is 24.5 Å². The van der Waals surface area contributed by atoms with E-state index in [1.54, 1.807) is 16.8 Å². The number of amides is 1. The average Bonchev–Trinajstić information content (AvgIpc) is 2.86. The molecule has 0 aromatic carbocycles. The summed E-state index contributed by atoms with van der Waals surface area (Å²) in [5, 5.41) is 16.8. The molecule has 1 aliphatic heterocycles. The molecule has 0 bridgehead atoms. The highest BCUT2D eigenvalue weighted by molar-refractivity contribution is 9.10. The number of likely N-dealkylation sites (tertiary alicyclic amines) is 1. The molecular formula is C12H13BrN4O3. The van der Waals surface area contributed by atoms with Crippen molar-refractivity contribution >= 4 is 27.7 Å². The molecule has 20 heavy (non-hydrogen) atoms. The van der Waals surface area contributed by atoms with E-state index in [4.69, 9.17) is 9.84 Å². The number of aromatic nitrogens is 3. The van der Waals surface area contributed by atoms with E-state index in [9.17, 15) is 4.79 Å². The molecule has 1 amide bonds. The Balaban J connectivity index is 1.78. The second kappa shape index (κ2) is 5.28. The van der Waals surface area contributed by atoms with Crippen LogP contribution in [0, 0.1) is 0 Å². The molecule has 7 nitrogen and oxygen atoms in total. The first kappa shape index (κ1) is 13.2. The molecule has 1 N–H and O–H groups in total. The Morgan fingerprint density at radius 1 is 1.55 bits per heavy atom. The monoisotopic (exact) mass is 340 g/mol. The lowest BCUT2D eigenvalue weighted by molar-refractivity contribution is 0.0788. The molecule has 106 valence electrons. The molecule has 8 heteroatoms. The molecule has 0 saturated carbocycles. The highest BCUT2D eigenvalue weighted by Gasteiger charge is 2.25. The minimum absolute atomic E-state index is 0.137. The maximum absolute atomic E-state index is 11.0. The molecule has 0 radical (unpaired) electrons. The van der Waals surface area contributed by atoms with Crippen molar-refractivity contribution in [2.45, 2.75) is 18.9 Å². The molecule has 2 aromatic rings. The Bertz CT molecular complexity index is 645. The largest absolute Gasteiger partial charge is 0.487 e. The van der Waals surface area contributed by atoms with E-state index in [0.717, 1.165) is 17.3 Å². The van der Waals surface area contributed by atoms with Crippen LogP contribution in [0.5, 0.6) is 5.75 Å². The van der Waals surface area contributed by atoms with Crippen LogP contribution in [-0.4, -0.2) is 49.9 Å². The lowest BCUT2D eigenvalue weighted by Crippen LogP contribution is -2.43. The Hall–Kier alpha value is -1.83. The fraction of sp³-hybridized carbons (Fsp3) is 0.417. The summed E-state index contributed by atoms with van der Waals surface area (Å²) in [5.41, 5.74) is 0.689. The number of halogens is 1. The number of ether oxygens (including phenoxy) is 1. The number of carbonyl (C=O) groups is 1. The molecule has 0 spiro atoms. The zero-order chi connectivity index (χ0) is 14.1. The molecule has 3 heterocycles. The minimum Gasteiger partial charge on any atom is -0.487 e. The Morgan fingerprint density at radius 3 is 3.20 bits per heavy atom. The molecule has 1 fully saturated rings. The standard InChI is InChI=1S/C12H13BrN4O3/c13-9-6-17-7-14-15-11(17)4-10(9)20-8-2-1-3-16(5-8)12(18)19/h4,6-8H,1-3,5H2,(H,18,19). The van der Waals surface area contributed by atoms with Gasteiger partial charge in [0.05, 0.1) is 11.0 Å². The number of carboxylic acid groups (broad SMARTS) is 1. The molecule has 3 rings (SSSR count). The van der Waals surface area contributed by atoms with Crippen molar-refractivity contribution in [3.8, 4) is 5.75 Å². The van der Waals surface area contributed by atoms with Crippen LogP contribution in [0.3, 0.4) is 0 Å². The highest BCUT2D eigenvalue weighted by Crippen LogP contribution is 2.28. The number of rotatable bonds is 2. The van der Waals surface area contributed by atoms with Gasteiger partial charge in [0.25, 0.3) is 0 Å². The second-order valence-electron chi connectivity index (χ2n) is 4.69. The average molecular weight is 341 g/mol. The third-order valence-electron chi connectivity index (χ3n) is 3.29. The van der Waals surface area contributed by atoms with Gasteiger partial charge in [0.2, 0.25) is 0 Å². The summed E-state index contributed by atoms with van der Waals surface area (Å²) in [5.74, 6) is 0.655. The SMILES string of the molecule is O=C(O)N1CCCC(Oc2cc3nncn3cc2Br)C1. The highest BCUT2D eigenvalue weighted by atomic mass is 79.9. The minimum atomic E-state index is -0.898. The zero-order valence-electron chi connectivity index (χ0n) is 10.6. The summed E-state index contributed by atoms with van der Waals surface area (Å²) in [6.45, 7) is 0.958. The van der Waals surface area contributed by atoms with E-state index >= 15 is 0 Å². The summed E-state index contributed by atoms with van der Waals surface area (Å²) in [7, 11) is 0. The van der Waals surface area contributed by atoms with Crippen LogP contribution >= 0.6 is 15.9 Å². The first-order valence-corrected chi connectivity index (χ1v) is 7.06. The fourth-order valence-corrected chi connectivity index (χ4v) is 2.73. The van der Waals surface area contributed by atoms with Gasteiger partial charge in [0.15, 0.2) is 5.65 Å². The van der Waals surface area contributed by atoms with Gasteiger partial charge in [0.1, 0.15) is 18.2 Å². The number of piperidine rings is 1. The molecule has 2 aromatic heterocycles. The number of nitrogens with zero attached hydrogens (tertiary/aromatic N) is 4. The molecule has 1 atom stereocenters. The summed E-state index contributed by atoms with van der Waals surface area (Å²) in [6, 6.07) is 1.79. The van der Waals surface area contributed by atoms with E-state index < -0.39 is 6.09 Å². The van der Waals surface area contributed by atoms with Crippen molar-refractivity contribution in [2.24, 2.45) is 0 Å². The van der Waals surface area contributed by atoms with Crippen LogP contribution in [0.15, 0.2) is 23.1 Å². The van der Waals surface area contributed by atoms with Crippen LogP contribution < -0.4 is 4.74 Å². The molecule has 1 aliphatic rings. The predicted octanol–water partition coefficient (Wildman–Crippen LogP) is 2.01. The van der Waals surface area contributed by atoms with Gasteiger partial charge in [-0.1, -0.05) is 0 Å². The van der Waals surface area contributed by atoms with E-state index in [-0.39, 0.29) is 6.10 Å². The van der Waals surface area contributed by atoms with Gasteiger partial charge in [-0.25, -0.2) is 4.79 Å². The Kier molecular flexibility index (Phi) is 3.47. The van der Waals surface area contributed by atoms with Crippen molar-refractivity contribution in [1.82, 2.24) is 19.5 Å². The summed E-state index contributed by atoms with van der Waals surface area (Å²) < 4.78 is 8.48. The molecule has 1 saturated heterocycles. The van der Waals surface area contributed by atoms with E-state index in [1.165, 1.54) is 4.90 Å². The van der Waals surface area contributed by atoms with Gasteiger partial charge in [-0.2, -0.15) is 0 Å². The van der Waals surface area contributed by atoms with Gasteiger partial charge >= 0.3 is 6.09 Å². The summed E-state index contributed by atoms with van der Waals surface area (Å²) in [4.78, 5) is 12.4. The fourth-order valence-electron chi connectivity index (χ4n) is 2.30. The second-order valence-corrected chi connectivity index (χ2v) is 5.55. The lowest BCUT2D eigenvalue weighted by Gasteiger charge is -2.31. The third kappa shape index (κ3) is 2.55. The molecule has 0 aliphatic carbocycles. The van der Waals surface area contributed by atoms with Gasteiger partial charge < -0.3 is 14.7 Å². The van der Waals surface area contributed by atoms with Crippen molar-refractivity contribution in [2.75, 3.05) is 13.1 Å². The number of hydrogen-bond donors (Lipinski definition) is 1. The number of pyridine rings is 1. The van der Waals surface area contributed by atoms with Crippen molar-refractivity contribution in [3.63, 3.8) is 0 Å². The summed E-state index contributed by atoms with van der Waals surface area (Å²) >= 11 is 3.44. The number of hydrogen-bond acceptors (Lipinski definition) is 4. The zero-order valence-corrected chi connectivity index (χ0v) is 12.2. The van der Waals surface area contributed by atoms with E-state index in [2.05, 4.69) is 26.1 Å². The Labute approximate surface area is 123 Å². The lowest BCUT2D eigenvalue weighted by atomic mass is 10.1. The first-order valence-electron chi connectivity index (χ1n) is 6.27. The number of fused-ring (bicyclic) bond motifs is 1. The van der Waals surface area contributed by atoms with Gasteiger partial charge in [-0.05, 0) is 28.8 Å². The maximum atomic E-state index is 11.0. The third-order valence-corrected chi connectivity index (χ3v) is 3.89. The predicted molar refractivity (Wildman–Crippen MR) is 73.9 cm³/mol. The van der Waals surface area contributed by atoms with Crippen LogP contribution in [-0.2, 0) is 0 Å². The summed E-state index contributed by atoms with van der Waals surface area (Å²) in [6.07, 6.45) is 4.04. The Morgan fingerprint density at radius 2 is 2.40 bits per heavy atom. The van der Waals surface area contributed by atoms with Crippen LogP contribution in [0.1, 0.15) is 12.8 Å². The van der Waals surface area contributed by atoms with Gasteiger partial charge in [0, 0.05) is 18.8 Å². The van der Waals surface area contributed by atoms with Crippen molar-refractivity contribution in [3.05, 3.63) is 23.1 Å². The van der Waals surface area contributed by atoms with Crippen LogP contribution in [0.25, 0.3) is 5.65 Å². The topological polar surface area (TPSA) is 80.0 Å². The molecule has 1 unspecified atom stereocenters. The first-order chi connectivity index (χ1) is 9.63. The smallest absolute Gasteiger partial charge is 0.407 e. The van der Waals surface area contributed by atoms with Crippen LogP contribution in [0.2, 0.25) is 0 Å². The molecular weight excluding hydrogens is 328 g/mol. The van der Waals surface area contributed by atoms with Gasteiger partial charge in [-0.15, -0.1) is 10.2 Å². The van der Waals surface area contributed by atoms with Crippen molar-refractivity contribution < 1.29 is 14.6 Å². The maximum Gasteiger partial charge on any atom is 0.407 e. The van der Waals surface area contributed by atoms with Crippen LogP contribution in [0.4, 0.5) is 4.79 Å².